The van der Waals surface area contributed by atoms with Gasteiger partial charge in [0, 0.05) is 13.1 Å². The zero-order valence-corrected chi connectivity index (χ0v) is 15.4. The van der Waals surface area contributed by atoms with Crippen LogP contribution in [-0.4, -0.2) is 43.3 Å². The van der Waals surface area contributed by atoms with Gasteiger partial charge in [0.1, 0.15) is 6.61 Å². The number of fused-ring (bicyclic) bond motifs is 1. The van der Waals surface area contributed by atoms with Gasteiger partial charge in [0.05, 0.1) is 6.54 Å². The molecule has 5 heteroatoms. The molecule has 0 saturated carbocycles. The minimum Gasteiger partial charge on any atom is -0.486 e. The zero-order valence-electron chi connectivity index (χ0n) is 15.4. The average molecular weight is 354 g/mol. The van der Waals surface area contributed by atoms with Crippen LogP contribution in [-0.2, 0) is 6.42 Å². The normalized spacial score (nSPS) is 16.6. The number of carbonyl (C=O) groups is 1. The summed E-state index contributed by atoms with van der Waals surface area (Å²) in [5.41, 5.74) is 1.29. The van der Waals surface area contributed by atoms with Crippen molar-refractivity contribution in [1.29, 1.82) is 0 Å². The summed E-state index contributed by atoms with van der Waals surface area (Å²) >= 11 is 0. The predicted molar refractivity (Wildman–Crippen MR) is 102 cm³/mol. The summed E-state index contributed by atoms with van der Waals surface area (Å²) in [6.07, 6.45) is 1.68. The Balaban J connectivity index is 1.43. The van der Waals surface area contributed by atoms with Crippen LogP contribution in [0.15, 0.2) is 54.6 Å². The summed E-state index contributed by atoms with van der Waals surface area (Å²) in [5, 5.41) is 3.05. The van der Waals surface area contributed by atoms with E-state index in [0.29, 0.717) is 13.2 Å². The lowest BCUT2D eigenvalue weighted by Gasteiger charge is -2.30. The van der Waals surface area contributed by atoms with E-state index in [9.17, 15) is 4.79 Å². The van der Waals surface area contributed by atoms with Gasteiger partial charge < -0.3 is 19.7 Å². The van der Waals surface area contributed by atoms with Crippen LogP contribution in [0.3, 0.4) is 0 Å². The van der Waals surface area contributed by atoms with Gasteiger partial charge >= 0.3 is 6.03 Å². The fourth-order valence-electron chi connectivity index (χ4n) is 2.96. The van der Waals surface area contributed by atoms with Gasteiger partial charge in [0.25, 0.3) is 0 Å². The smallest absolute Gasteiger partial charge is 0.317 e. The van der Waals surface area contributed by atoms with E-state index in [-0.39, 0.29) is 18.2 Å². The second kappa shape index (κ2) is 8.61. The van der Waals surface area contributed by atoms with E-state index in [1.807, 2.05) is 49.4 Å². The molecule has 1 aliphatic rings. The van der Waals surface area contributed by atoms with Crippen LogP contribution >= 0.6 is 0 Å². The molecule has 0 aliphatic carbocycles. The molecule has 138 valence electrons. The molecule has 0 saturated heterocycles. The molecule has 2 aromatic rings. The lowest BCUT2D eigenvalue weighted by Crippen LogP contribution is -2.47. The maximum atomic E-state index is 12.4. The highest BCUT2D eigenvalue weighted by atomic mass is 16.6. The molecule has 0 radical (unpaired) electrons. The molecule has 2 unspecified atom stereocenters. The number of likely N-dealkylation sites (N-methyl/N-ethyl adjacent to an activating group) is 1. The average Bonchev–Trinajstić information content (AvgIpc) is 2.67. The fraction of sp³-hybridized carbons (Fsp3) is 0.381. The summed E-state index contributed by atoms with van der Waals surface area (Å²) in [7, 11) is 1.78. The van der Waals surface area contributed by atoms with E-state index < -0.39 is 0 Å². The van der Waals surface area contributed by atoms with Crippen LogP contribution in [0.4, 0.5) is 4.79 Å². The Kier molecular flexibility index (Phi) is 6.00. The van der Waals surface area contributed by atoms with E-state index in [1.54, 1.807) is 11.9 Å². The third kappa shape index (κ3) is 4.91. The third-order valence-corrected chi connectivity index (χ3v) is 4.47. The maximum absolute atomic E-state index is 12.4. The van der Waals surface area contributed by atoms with Gasteiger partial charge in [0.2, 0.25) is 0 Å². The van der Waals surface area contributed by atoms with Crippen molar-refractivity contribution in [2.24, 2.45) is 0 Å². The molecule has 26 heavy (non-hydrogen) atoms. The van der Waals surface area contributed by atoms with Crippen molar-refractivity contribution in [2.75, 3.05) is 20.2 Å². The minimum absolute atomic E-state index is 0.0898. The molecule has 0 fully saturated rings. The van der Waals surface area contributed by atoms with Crippen molar-refractivity contribution in [1.82, 2.24) is 10.2 Å². The van der Waals surface area contributed by atoms with Gasteiger partial charge in [-0.2, -0.15) is 0 Å². The molecule has 0 bridgehead atoms. The summed E-state index contributed by atoms with van der Waals surface area (Å²) in [5.74, 6) is 1.49. The van der Waals surface area contributed by atoms with Crippen molar-refractivity contribution in [3.8, 4) is 11.5 Å². The number of ether oxygens (including phenoxy) is 2. The first kappa shape index (κ1) is 18.1. The Morgan fingerprint density at radius 3 is 2.62 bits per heavy atom. The molecule has 3 rings (SSSR count). The van der Waals surface area contributed by atoms with Crippen LogP contribution in [0, 0.1) is 0 Å². The number of nitrogens with zero attached hydrogens (tertiary/aromatic N) is 1. The Labute approximate surface area is 154 Å². The van der Waals surface area contributed by atoms with Gasteiger partial charge in [-0.25, -0.2) is 4.79 Å². The Bertz CT molecular complexity index is 720. The first-order valence-electron chi connectivity index (χ1n) is 9.06. The van der Waals surface area contributed by atoms with Crippen LogP contribution in [0.25, 0.3) is 0 Å². The van der Waals surface area contributed by atoms with Gasteiger partial charge in [-0.3, -0.25) is 0 Å². The molecule has 1 aliphatic heterocycles. The molecule has 5 nitrogen and oxygen atoms in total. The minimum atomic E-state index is -0.166. The van der Waals surface area contributed by atoms with Crippen LogP contribution in [0.2, 0.25) is 0 Å². The summed E-state index contributed by atoms with van der Waals surface area (Å²) in [4.78, 5) is 14.1. The zero-order chi connectivity index (χ0) is 18.4. The van der Waals surface area contributed by atoms with Gasteiger partial charge in [0.15, 0.2) is 17.6 Å². The highest BCUT2D eigenvalue weighted by Gasteiger charge is 2.24. The number of benzene rings is 2. The molecule has 0 spiro atoms. The standard InChI is InChI=1S/C21H26N2O3/c1-16(12-13-17-8-4-3-5-9-17)22-21(24)23(2)14-18-15-25-19-10-6-7-11-20(19)26-18/h3-11,16,18H,12-15H2,1-2H3,(H,22,24). The van der Waals surface area contributed by atoms with Crippen molar-refractivity contribution in [3.63, 3.8) is 0 Å². The molecule has 0 aromatic heterocycles. The SMILES string of the molecule is CC(CCc1ccccc1)NC(=O)N(C)CC1COc2ccccc2O1. The van der Waals surface area contributed by atoms with Crippen LogP contribution < -0.4 is 14.8 Å². The van der Waals surface area contributed by atoms with E-state index in [0.717, 1.165) is 24.3 Å². The van der Waals surface area contributed by atoms with Crippen LogP contribution in [0.5, 0.6) is 11.5 Å². The van der Waals surface area contributed by atoms with Gasteiger partial charge in [-0.1, -0.05) is 42.5 Å². The number of hydrogen-bond acceptors (Lipinski definition) is 3. The van der Waals surface area contributed by atoms with E-state index >= 15 is 0 Å². The molecule has 2 atom stereocenters. The Hall–Kier alpha value is -2.69. The number of carbonyl (C=O) groups excluding carboxylic acids is 1. The Morgan fingerprint density at radius 1 is 1.15 bits per heavy atom. The van der Waals surface area contributed by atoms with Crippen molar-refractivity contribution < 1.29 is 14.3 Å². The van der Waals surface area contributed by atoms with Gasteiger partial charge in [-0.15, -0.1) is 0 Å². The highest BCUT2D eigenvalue weighted by Crippen LogP contribution is 2.30. The first-order chi connectivity index (χ1) is 12.6. The lowest BCUT2D eigenvalue weighted by molar-refractivity contribution is 0.0712. The van der Waals surface area contributed by atoms with Crippen molar-refractivity contribution in [2.45, 2.75) is 31.9 Å². The van der Waals surface area contributed by atoms with Crippen LogP contribution in [0.1, 0.15) is 18.9 Å². The first-order valence-corrected chi connectivity index (χ1v) is 9.06. The summed E-state index contributed by atoms with van der Waals surface area (Å²) < 4.78 is 11.6. The summed E-state index contributed by atoms with van der Waals surface area (Å²) in [6.45, 7) is 2.95. The number of aryl methyl sites for hydroxylation is 1. The topological polar surface area (TPSA) is 50.8 Å². The molecule has 1 N–H and O–H groups in total. The predicted octanol–water partition coefficient (Wildman–Crippen LogP) is 3.49. The number of nitrogens with one attached hydrogen (secondary N) is 1. The fourth-order valence-corrected chi connectivity index (χ4v) is 2.96. The largest absolute Gasteiger partial charge is 0.486 e. The summed E-state index contributed by atoms with van der Waals surface area (Å²) in [6, 6.07) is 17.9. The van der Waals surface area contributed by atoms with Crippen molar-refractivity contribution >= 4 is 6.03 Å². The van der Waals surface area contributed by atoms with Crippen molar-refractivity contribution in [3.05, 3.63) is 60.2 Å². The number of para-hydroxylation sites is 2. The maximum Gasteiger partial charge on any atom is 0.317 e. The highest BCUT2D eigenvalue weighted by molar-refractivity contribution is 5.74. The Morgan fingerprint density at radius 2 is 1.85 bits per heavy atom. The molecular weight excluding hydrogens is 328 g/mol. The molecule has 2 aromatic carbocycles. The van der Waals surface area contributed by atoms with Gasteiger partial charge in [-0.05, 0) is 37.5 Å². The number of amides is 2. The lowest BCUT2D eigenvalue weighted by atomic mass is 10.1. The molecular formula is C21H26N2O3. The molecule has 2 amide bonds. The second-order valence-corrected chi connectivity index (χ2v) is 6.75. The quantitative estimate of drug-likeness (QED) is 0.864. The monoisotopic (exact) mass is 354 g/mol. The molecule has 1 heterocycles. The van der Waals surface area contributed by atoms with E-state index in [2.05, 4.69) is 17.4 Å². The second-order valence-electron chi connectivity index (χ2n) is 6.75. The van der Waals surface area contributed by atoms with E-state index in [4.69, 9.17) is 9.47 Å². The number of urea groups is 1. The number of rotatable bonds is 6. The number of hydrogen-bond donors (Lipinski definition) is 1. The third-order valence-electron chi connectivity index (χ3n) is 4.47. The van der Waals surface area contributed by atoms with E-state index in [1.165, 1.54) is 5.56 Å².